The number of anilines is 5. The Morgan fingerprint density at radius 3 is 2.27 bits per heavy atom. The fraction of sp³-hybridized carbons (Fsp3) is 0.150. The Morgan fingerprint density at radius 2 is 1.67 bits per heavy atom. The second-order valence-corrected chi connectivity index (χ2v) is 8.29. The number of rotatable bonds is 7. The molecule has 0 aliphatic heterocycles. The van der Waals surface area contributed by atoms with Gasteiger partial charge < -0.3 is 15.1 Å². The van der Waals surface area contributed by atoms with Crippen LogP contribution in [0.15, 0.2) is 59.6 Å². The number of carbonyl (C=O) groups excluding carboxylic acids is 1. The molecular weight excluding hydrogens is 404 g/mol. The number of benzene rings is 2. The minimum atomic E-state index is -3.76. The number of primary sulfonamides is 1. The van der Waals surface area contributed by atoms with Crippen molar-refractivity contribution in [1.82, 2.24) is 9.97 Å². The summed E-state index contributed by atoms with van der Waals surface area (Å²) in [5.74, 6) is 0.905. The highest BCUT2D eigenvalue weighted by Crippen LogP contribution is 2.32. The van der Waals surface area contributed by atoms with Crippen LogP contribution in [0.4, 0.5) is 28.8 Å². The van der Waals surface area contributed by atoms with Crippen LogP contribution in [-0.4, -0.2) is 45.8 Å². The molecule has 0 bridgehead atoms. The van der Waals surface area contributed by atoms with E-state index in [1.807, 2.05) is 43.1 Å². The zero-order valence-corrected chi connectivity index (χ0v) is 17.6. The van der Waals surface area contributed by atoms with Gasteiger partial charge >= 0.3 is 0 Å². The molecule has 0 saturated carbocycles. The molecule has 0 aliphatic rings. The zero-order valence-electron chi connectivity index (χ0n) is 16.8. The molecular formula is C20H22N6O3S. The molecule has 0 fully saturated rings. The lowest BCUT2D eigenvalue weighted by Gasteiger charge is -2.25. The summed E-state index contributed by atoms with van der Waals surface area (Å²) in [7, 11) is 1.81. The Labute approximate surface area is 175 Å². The molecule has 10 heteroatoms. The van der Waals surface area contributed by atoms with Crippen molar-refractivity contribution in [2.24, 2.45) is 5.14 Å². The summed E-state index contributed by atoms with van der Waals surface area (Å²) >= 11 is 0. The Bertz CT molecular complexity index is 1160. The van der Waals surface area contributed by atoms with Gasteiger partial charge in [0.2, 0.25) is 16.0 Å². The first kappa shape index (κ1) is 21.2. The summed E-state index contributed by atoms with van der Waals surface area (Å²) in [6.07, 6.45) is 2.47. The molecule has 30 heavy (non-hydrogen) atoms. The van der Waals surface area contributed by atoms with E-state index in [0.717, 1.165) is 12.0 Å². The van der Waals surface area contributed by atoms with Gasteiger partial charge in [0.25, 0.3) is 0 Å². The van der Waals surface area contributed by atoms with Crippen LogP contribution in [0.1, 0.15) is 10.4 Å². The third-order valence-corrected chi connectivity index (χ3v) is 5.34. The molecule has 3 rings (SSSR count). The quantitative estimate of drug-likeness (QED) is 0.553. The predicted molar refractivity (Wildman–Crippen MR) is 117 cm³/mol. The number of nitrogens with two attached hydrogens (primary N) is 1. The fourth-order valence-electron chi connectivity index (χ4n) is 2.85. The fourth-order valence-corrected chi connectivity index (χ4v) is 3.37. The molecule has 0 unspecified atom stereocenters. The highest BCUT2D eigenvalue weighted by Gasteiger charge is 2.17. The molecule has 0 radical (unpaired) electrons. The van der Waals surface area contributed by atoms with Crippen molar-refractivity contribution >= 4 is 45.1 Å². The second kappa shape index (κ2) is 8.47. The molecule has 1 heterocycles. The Hall–Kier alpha value is -3.50. The molecule has 0 amide bonds. The summed E-state index contributed by atoms with van der Waals surface area (Å²) in [4.78, 5) is 24.1. The predicted octanol–water partition coefficient (Wildman–Crippen LogP) is 2.51. The van der Waals surface area contributed by atoms with E-state index in [1.54, 1.807) is 30.5 Å². The van der Waals surface area contributed by atoms with Gasteiger partial charge in [-0.25, -0.2) is 18.5 Å². The van der Waals surface area contributed by atoms with E-state index in [1.165, 1.54) is 12.1 Å². The van der Waals surface area contributed by atoms with Crippen LogP contribution in [0, 0.1) is 0 Å². The molecule has 1 aromatic heterocycles. The first-order valence-electron chi connectivity index (χ1n) is 8.93. The van der Waals surface area contributed by atoms with Gasteiger partial charge in [0.15, 0.2) is 12.1 Å². The maximum atomic E-state index is 11.5. The highest BCUT2D eigenvalue weighted by atomic mass is 32.2. The van der Waals surface area contributed by atoms with Crippen molar-refractivity contribution in [2.45, 2.75) is 4.90 Å². The SMILES string of the molecule is CN(C)c1cnc(Nc2ccc(S(N)(=O)=O)cc2)nc1N(C)c1ccccc1C=O. The summed E-state index contributed by atoms with van der Waals surface area (Å²) in [6.45, 7) is 0. The van der Waals surface area contributed by atoms with Crippen LogP contribution in [0.5, 0.6) is 0 Å². The molecule has 9 nitrogen and oxygen atoms in total. The smallest absolute Gasteiger partial charge is 0.238 e. The van der Waals surface area contributed by atoms with Crippen LogP contribution in [0.3, 0.4) is 0 Å². The normalized spacial score (nSPS) is 11.1. The van der Waals surface area contributed by atoms with Crippen molar-refractivity contribution in [3.63, 3.8) is 0 Å². The molecule has 2 aromatic carbocycles. The van der Waals surface area contributed by atoms with Crippen LogP contribution >= 0.6 is 0 Å². The number of hydrogen-bond donors (Lipinski definition) is 2. The average Bonchev–Trinajstić information content (AvgIpc) is 2.72. The van der Waals surface area contributed by atoms with Gasteiger partial charge in [-0.1, -0.05) is 12.1 Å². The third kappa shape index (κ3) is 4.56. The van der Waals surface area contributed by atoms with E-state index in [9.17, 15) is 13.2 Å². The maximum Gasteiger partial charge on any atom is 0.238 e. The zero-order chi connectivity index (χ0) is 21.9. The first-order valence-corrected chi connectivity index (χ1v) is 10.5. The molecule has 0 atom stereocenters. The van der Waals surface area contributed by atoms with Crippen molar-refractivity contribution in [1.29, 1.82) is 0 Å². The monoisotopic (exact) mass is 426 g/mol. The van der Waals surface area contributed by atoms with Crippen molar-refractivity contribution in [3.8, 4) is 0 Å². The van der Waals surface area contributed by atoms with Gasteiger partial charge in [-0.15, -0.1) is 0 Å². The van der Waals surface area contributed by atoms with Crippen LogP contribution < -0.4 is 20.3 Å². The van der Waals surface area contributed by atoms with Gasteiger partial charge in [0.05, 0.1) is 22.5 Å². The molecule has 156 valence electrons. The molecule has 0 aliphatic carbocycles. The number of para-hydroxylation sites is 1. The molecule has 0 saturated heterocycles. The Balaban J connectivity index is 1.98. The number of sulfonamides is 1. The van der Waals surface area contributed by atoms with E-state index >= 15 is 0 Å². The van der Waals surface area contributed by atoms with Gasteiger partial charge in [-0.05, 0) is 36.4 Å². The lowest BCUT2D eigenvalue weighted by atomic mass is 10.2. The lowest BCUT2D eigenvalue weighted by Crippen LogP contribution is -2.20. The number of aldehydes is 1. The largest absolute Gasteiger partial charge is 0.373 e. The van der Waals surface area contributed by atoms with E-state index in [4.69, 9.17) is 5.14 Å². The Morgan fingerprint density at radius 1 is 1.00 bits per heavy atom. The second-order valence-electron chi connectivity index (χ2n) is 6.73. The topological polar surface area (TPSA) is 122 Å². The summed E-state index contributed by atoms with van der Waals surface area (Å²) in [6, 6.07) is 13.2. The Kier molecular flexibility index (Phi) is 5.99. The van der Waals surface area contributed by atoms with Crippen LogP contribution in [-0.2, 0) is 10.0 Å². The van der Waals surface area contributed by atoms with Crippen molar-refractivity contribution < 1.29 is 13.2 Å². The molecule has 3 N–H and O–H groups in total. The van der Waals surface area contributed by atoms with Crippen molar-refractivity contribution in [3.05, 3.63) is 60.3 Å². The number of aromatic nitrogens is 2. The van der Waals surface area contributed by atoms with E-state index in [-0.39, 0.29) is 4.90 Å². The first-order chi connectivity index (χ1) is 14.2. The number of nitrogens with zero attached hydrogens (tertiary/aromatic N) is 4. The summed E-state index contributed by atoms with van der Waals surface area (Å²) < 4.78 is 22.8. The van der Waals surface area contributed by atoms with E-state index in [0.29, 0.717) is 28.7 Å². The number of hydrogen-bond acceptors (Lipinski definition) is 8. The minimum Gasteiger partial charge on any atom is -0.373 e. The van der Waals surface area contributed by atoms with E-state index < -0.39 is 10.0 Å². The van der Waals surface area contributed by atoms with E-state index in [2.05, 4.69) is 15.3 Å². The van der Waals surface area contributed by atoms with Gasteiger partial charge in [-0.2, -0.15) is 4.98 Å². The third-order valence-electron chi connectivity index (χ3n) is 4.41. The molecule has 0 spiro atoms. The standard InChI is InChI=1S/C20H22N6O3S/c1-25(2)18-12-22-20(23-15-8-10-16(11-9-15)30(21,28)29)24-19(18)26(3)17-7-5-4-6-14(17)13-27/h4-13H,1-3H3,(H2,21,28,29)(H,22,23,24). The maximum absolute atomic E-state index is 11.5. The van der Waals surface area contributed by atoms with Crippen molar-refractivity contribution in [2.75, 3.05) is 36.3 Å². The summed E-state index contributed by atoms with van der Waals surface area (Å²) in [5, 5.41) is 8.18. The average molecular weight is 427 g/mol. The minimum absolute atomic E-state index is 0.0165. The number of carbonyl (C=O) groups is 1. The lowest BCUT2D eigenvalue weighted by molar-refractivity contribution is 0.112. The molecule has 3 aromatic rings. The summed E-state index contributed by atoms with van der Waals surface area (Å²) in [5.41, 5.74) is 2.60. The highest BCUT2D eigenvalue weighted by molar-refractivity contribution is 7.89. The number of nitrogens with one attached hydrogen (secondary N) is 1. The van der Waals surface area contributed by atoms with Gasteiger partial charge in [0.1, 0.15) is 0 Å². The van der Waals surface area contributed by atoms with Crippen LogP contribution in [0.25, 0.3) is 0 Å². The van der Waals surface area contributed by atoms with Crippen LogP contribution in [0.2, 0.25) is 0 Å². The van der Waals surface area contributed by atoms with Gasteiger partial charge in [-0.3, -0.25) is 4.79 Å². The van der Waals surface area contributed by atoms with Gasteiger partial charge in [0, 0.05) is 32.4 Å².